The largest absolute Gasteiger partial charge is 0.420 e. The zero-order valence-electron chi connectivity index (χ0n) is 18.1. The lowest BCUT2D eigenvalue weighted by molar-refractivity contribution is 0.409. The number of ether oxygens (including phenoxy) is 1. The summed E-state index contributed by atoms with van der Waals surface area (Å²) in [6.07, 6.45) is 2.01. The van der Waals surface area contributed by atoms with E-state index in [0.29, 0.717) is 23.2 Å². The number of rotatable bonds is 7. The molecule has 0 aliphatic carbocycles. The summed E-state index contributed by atoms with van der Waals surface area (Å²) in [6, 6.07) is 7.18. The maximum absolute atomic E-state index is 14.6. The number of benzene rings is 1. The third-order valence-corrected chi connectivity index (χ3v) is 7.67. The predicted molar refractivity (Wildman–Crippen MR) is 121 cm³/mol. The van der Waals surface area contributed by atoms with Gasteiger partial charge in [-0.25, -0.2) is 12.8 Å². The van der Waals surface area contributed by atoms with E-state index in [0.717, 1.165) is 0 Å². The highest BCUT2D eigenvalue weighted by Gasteiger charge is 2.22. The molecule has 0 N–H and O–H groups in total. The van der Waals surface area contributed by atoms with Crippen LogP contribution >= 0.6 is 11.6 Å². The van der Waals surface area contributed by atoms with Crippen molar-refractivity contribution in [1.82, 2.24) is 14.5 Å². The van der Waals surface area contributed by atoms with E-state index >= 15 is 0 Å². The van der Waals surface area contributed by atoms with Gasteiger partial charge in [-0.1, -0.05) is 24.6 Å². The standard InChI is InChI=1S/C22H23ClFN3O4S/c1-5-14(3)32(29,30)12-16-10-18(15-7-9-19(28)27(4)11-15)26-22(25-16)31-21-17(23)8-6-13(2)20(21)24/h6-11,14H,5,12H2,1-4H3/t14-/m0/s1. The van der Waals surface area contributed by atoms with Crippen LogP contribution in [-0.2, 0) is 22.6 Å². The SMILES string of the molecule is CC[C@H](C)S(=O)(=O)Cc1cc(-c2ccc(=O)n(C)c2)nc(Oc2c(Cl)ccc(C)c2F)n1. The van der Waals surface area contributed by atoms with Crippen LogP contribution in [0.3, 0.4) is 0 Å². The zero-order valence-corrected chi connectivity index (χ0v) is 19.7. The minimum atomic E-state index is -3.49. The Balaban J connectivity index is 2.13. The fourth-order valence-electron chi connectivity index (χ4n) is 2.90. The van der Waals surface area contributed by atoms with Crippen molar-refractivity contribution >= 4 is 21.4 Å². The number of sulfone groups is 1. The van der Waals surface area contributed by atoms with Gasteiger partial charge >= 0.3 is 6.01 Å². The monoisotopic (exact) mass is 479 g/mol. The van der Waals surface area contributed by atoms with E-state index < -0.39 is 20.9 Å². The first-order chi connectivity index (χ1) is 15.0. The van der Waals surface area contributed by atoms with Gasteiger partial charge in [-0.2, -0.15) is 9.97 Å². The van der Waals surface area contributed by atoms with Gasteiger partial charge in [0, 0.05) is 24.9 Å². The molecule has 0 radical (unpaired) electrons. The Morgan fingerprint density at radius 2 is 1.94 bits per heavy atom. The summed E-state index contributed by atoms with van der Waals surface area (Å²) >= 11 is 6.10. The second-order valence-electron chi connectivity index (χ2n) is 7.53. The normalized spacial score (nSPS) is 12.6. The quantitative estimate of drug-likeness (QED) is 0.497. The van der Waals surface area contributed by atoms with Crippen LogP contribution in [0.1, 0.15) is 31.5 Å². The van der Waals surface area contributed by atoms with E-state index in [-0.39, 0.29) is 33.8 Å². The van der Waals surface area contributed by atoms with Gasteiger partial charge in [-0.15, -0.1) is 0 Å². The second kappa shape index (κ2) is 9.38. The van der Waals surface area contributed by atoms with Gasteiger partial charge in [0.05, 0.1) is 27.4 Å². The molecule has 170 valence electrons. The van der Waals surface area contributed by atoms with Gasteiger partial charge in [-0.05, 0) is 44.0 Å². The molecule has 0 fully saturated rings. The average Bonchev–Trinajstić information content (AvgIpc) is 2.74. The second-order valence-corrected chi connectivity index (χ2v) is 10.4. The summed E-state index contributed by atoms with van der Waals surface area (Å²) in [6.45, 7) is 4.98. The molecule has 2 aromatic heterocycles. The predicted octanol–water partition coefficient (Wildman–Crippen LogP) is 4.45. The Bertz CT molecular complexity index is 1330. The van der Waals surface area contributed by atoms with Crippen LogP contribution in [0.4, 0.5) is 4.39 Å². The first-order valence-electron chi connectivity index (χ1n) is 9.91. The maximum atomic E-state index is 14.6. The highest BCUT2D eigenvalue weighted by molar-refractivity contribution is 7.91. The molecular formula is C22H23ClFN3O4S. The Kier molecular flexibility index (Phi) is 7.00. The lowest BCUT2D eigenvalue weighted by atomic mass is 10.2. The zero-order chi connectivity index (χ0) is 23.6. The van der Waals surface area contributed by atoms with Crippen LogP contribution < -0.4 is 10.3 Å². The molecule has 0 unspecified atom stereocenters. The van der Waals surface area contributed by atoms with Gasteiger partial charge < -0.3 is 9.30 Å². The van der Waals surface area contributed by atoms with Crippen LogP contribution in [0.15, 0.2) is 41.3 Å². The molecule has 7 nitrogen and oxygen atoms in total. The van der Waals surface area contributed by atoms with Crippen LogP contribution in [-0.4, -0.2) is 28.2 Å². The molecule has 1 aromatic carbocycles. The Morgan fingerprint density at radius 3 is 2.59 bits per heavy atom. The Hall–Kier alpha value is -2.78. The minimum Gasteiger partial charge on any atom is -0.420 e. The molecular weight excluding hydrogens is 457 g/mol. The van der Waals surface area contributed by atoms with Crippen molar-refractivity contribution in [3.8, 4) is 23.0 Å². The van der Waals surface area contributed by atoms with Gasteiger partial charge in [0.25, 0.3) is 0 Å². The van der Waals surface area contributed by atoms with E-state index in [2.05, 4.69) is 9.97 Å². The van der Waals surface area contributed by atoms with Crippen LogP contribution in [0.2, 0.25) is 5.02 Å². The highest BCUT2D eigenvalue weighted by atomic mass is 35.5. The minimum absolute atomic E-state index is 0.0259. The Morgan fingerprint density at radius 1 is 1.22 bits per heavy atom. The third kappa shape index (κ3) is 5.16. The lowest BCUT2D eigenvalue weighted by Crippen LogP contribution is -2.19. The van der Waals surface area contributed by atoms with Gasteiger partial charge in [0.15, 0.2) is 21.4 Å². The highest BCUT2D eigenvalue weighted by Crippen LogP contribution is 2.33. The molecule has 0 amide bonds. The van der Waals surface area contributed by atoms with Gasteiger partial charge in [0.2, 0.25) is 5.56 Å². The molecule has 0 aliphatic heterocycles. The summed E-state index contributed by atoms with van der Waals surface area (Å²) in [5, 5.41) is -0.538. The smallest absolute Gasteiger partial charge is 0.322 e. The van der Waals surface area contributed by atoms with Gasteiger partial charge in [-0.3, -0.25) is 4.79 Å². The molecule has 2 heterocycles. The fraction of sp³-hybridized carbons (Fsp3) is 0.318. The number of hydrogen-bond donors (Lipinski definition) is 0. The fourth-order valence-corrected chi connectivity index (χ4v) is 4.44. The number of hydrogen-bond acceptors (Lipinski definition) is 6. The molecule has 10 heteroatoms. The molecule has 32 heavy (non-hydrogen) atoms. The van der Waals surface area contributed by atoms with E-state index in [1.54, 1.807) is 40.1 Å². The third-order valence-electron chi connectivity index (χ3n) is 5.11. The molecule has 3 aromatic rings. The number of aryl methyl sites for hydroxylation is 2. The van der Waals surface area contributed by atoms with Crippen molar-refractivity contribution in [3.63, 3.8) is 0 Å². The summed E-state index contributed by atoms with van der Waals surface area (Å²) in [5.41, 5.74) is 1.15. The first-order valence-corrected chi connectivity index (χ1v) is 12.0. The molecule has 0 spiro atoms. The maximum Gasteiger partial charge on any atom is 0.322 e. The molecule has 0 saturated carbocycles. The Labute approximate surface area is 190 Å². The van der Waals surface area contributed by atoms with E-state index in [9.17, 15) is 17.6 Å². The van der Waals surface area contributed by atoms with Crippen molar-refractivity contribution in [3.05, 3.63) is 69.0 Å². The first kappa shape index (κ1) is 23.9. The van der Waals surface area contributed by atoms with Crippen molar-refractivity contribution in [2.45, 2.75) is 38.2 Å². The molecule has 3 rings (SSSR count). The molecule has 0 bridgehead atoms. The molecule has 0 aliphatic rings. The van der Waals surface area contributed by atoms with Crippen LogP contribution in [0.5, 0.6) is 11.8 Å². The summed E-state index contributed by atoms with van der Waals surface area (Å²) < 4.78 is 46.9. The topological polar surface area (TPSA) is 91.2 Å². The summed E-state index contributed by atoms with van der Waals surface area (Å²) in [7, 11) is -1.91. The van der Waals surface area contributed by atoms with Crippen molar-refractivity contribution < 1.29 is 17.5 Å². The average molecular weight is 480 g/mol. The van der Waals surface area contributed by atoms with Crippen molar-refractivity contribution in [1.29, 1.82) is 0 Å². The summed E-state index contributed by atoms with van der Waals surface area (Å²) in [4.78, 5) is 20.3. The molecule has 0 saturated heterocycles. The van der Waals surface area contributed by atoms with Crippen molar-refractivity contribution in [2.75, 3.05) is 0 Å². The number of nitrogens with zero attached hydrogens (tertiary/aromatic N) is 3. The number of halogens is 2. The van der Waals surface area contributed by atoms with E-state index in [1.165, 1.54) is 28.8 Å². The van der Waals surface area contributed by atoms with E-state index in [4.69, 9.17) is 16.3 Å². The molecule has 1 atom stereocenters. The van der Waals surface area contributed by atoms with Gasteiger partial charge in [0.1, 0.15) is 0 Å². The van der Waals surface area contributed by atoms with Crippen molar-refractivity contribution in [2.24, 2.45) is 7.05 Å². The number of pyridine rings is 1. The number of aromatic nitrogens is 3. The lowest BCUT2D eigenvalue weighted by Gasteiger charge is -2.14. The summed E-state index contributed by atoms with van der Waals surface area (Å²) in [5.74, 6) is -1.26. The van der Waals surface area contributed by atoms with E-state index in [1.807, 2.05) is 0 Å². The van der Waals surface area contributed by atoms with Crippen LogP contribution in [0, 0.1) is 12.7 Å². The van der Waals surface area contributed by atoms with Crippen LogP contribution in [0.25, 0.3) is 11.3 Å².